The van der Waals surface area contributed by atoms with Crippen LogP contribution in [0.3, 0.4) is 0 Å². The van der Waals surface area contributed by atoms with E-state index in [2.05, 4.69) is 10.3 Å². The number of rotatable bonds is 3. The maximum absolute atomic E-state index is 9.99. The Morgan fingerprint density at radius 1 is 1.73 bits per heavy atom. The summed E-state index contributed by atoms with van der Waals surface area (Å²) in [5, 5.41) is 10.5. The topological polar surface area (TPSA) is 67.2 Å². The fourth-order valence-corrected chi connectivity index (χ4v) is 0.711. The maximum atomic E-state index is 9.99. The van der Waals surface area contributed by atoms with E-state index in [1.54, 1.807) is 23.3 Å². The third kappa shape index (κ3) is 2.70. The molecule has 0 saturated heterocycles. The van der Waals surface area contributed by atoms with E-state index in [0.717, 1.165) is 0 Å². The minimum absolute atomic E-state index is 0.408. The lowest BCUT2D eigenvalue weighted by atomic mass is 10.6. The standard InChI is InChI=1S/C6H9N3O2/c10-6(11)8-2-4-9-3-1-7-5-9/h1,3,5,8H,2,4H2,(H,10,11). The molecule has 1 rings (SSSR count). The predicted molar refractivity (Wildman–Crippen MR) is 38.3 cm³/mol. The molecule has 0 atom stereocenters. The van der Waals surface area contributed by atoms with Crippen LogP contribution in [0.4, 0.5) is 4.79 Å². The molecular formula is C6H9N3O2. The van der Waals surface area contributed by atoms with Crippen molar-refractivity contribution in [2.24, 2.45) is 0 Å². The normalized spacial score (nSPS) is 9.45. The first-order valence-corrected chi connectivity index (χ1v) is 3.21. The Balaban J connectivity index is 2.19. The Hall–Kier alpha value is -1.52. The second kappa shape index (κ2) is 3.60. The molecule has 0 unspecified atom stereocenters. The monoisotopic (exact) mass is 155 g/mol. The lowest BCUT2D eigenvalue weighted by Gasteiger charge is -2.00. The van der Waals surface area contributed by atoms with E-state index in [9.17, 15) is 4.79 Å². The average molecular weight is 155 g/mol. The lowest BCUT2D eigenvalue weighted by molar-refractivity contribution is 0.194. The first-order valence-electron chi connectivity index (χ1n) is 3.21. The smallest absolute Gasteiger partial charge is 0.404 e. The number of imidazole rings is 1. The van der Waals surface area contributed by atoms with Crippen LogP contribution in [0.15, 0.2) is 18.7 Å². The molecule has 0 radical (unpaired) electrons. The predicted octanol–water partition coefficient (Wildman–Crippen LogP) is 0.151. The molecule has 0 saturated carbocycles. The van der Waals surface area contributed by atoms with Gasteiger partial charge in [0, 0.05) is 25.5 Å². The molecular weight excluding hydrogens is 146 g/mol. The fraction of sp³-hybridized carbons (Fsp3) is 0.333. The summed E-state index contributed by atoms with van der Waals surface area (Å²) >= 11 is 0. The van der Waals surface area contributed by atoms with Gasteiger partial charge in [-0.15, -0.1) is 0 Å². The van der Waals surface area contributed by atoms with Gasteiger partial charge in [-0.3, -0.25) is 0 Å². The van der Waals surface area contributed by atoms with Gasteiger partial charge >= 0.3 is 6.09 Å². The molecule has 1 aromatic heterocycles. The van der Waals surface area contributed by atoms with Crippen molar-refractivity contribution in [3.8, 4) is 0 Å². The van der Waals surface area contributed by atoms with E-state index in [1.807, 2.05) is 0 Å². The van der Waals surface area contributed by atoms with E-state index < -0.39 is 6.09 Å². The molecule has 2 N–H and O–H groups in total. The highest BCUT2D eigenvalue weighted by Gasteiger charge is 1.92. The maximum Gasteiger partial charge on any atom is 0.404 e. The van der Waals surface area contributed by atoms with Gasteiger partial charge in [-0.1, -0.05) is 0 Å². The SMILES string of the molecule is O=C(O)NCCn1ccnc1. The van der Waals surface area contributed by atoms with Gasteiger partial charge in [0.25, 0.3) is 0 Å². The zero-order chi connectivity index (χ0) is 8.10. The molecule has 1 amide bonds. The molecule has 0 spiro atoms. The molecule has 1 heterocycles. The third-order valence-corrected chi connectivity index (χ3v) is 1.21. The van der Waals surface area contributed by atoms with E-state index in [-0.39, 0.29) is 0 Å². The van der Waals surface area contributed by atoms with Crippen molar-refractivity contribution in [2.75, 3.05) is 6.54 Å². The van der Waals surface area contributed by atoms with Crippen LogP contribution >= 0.6 is 0 Å². The first kappa shape index (κ1) is 7.59. The van der Waals surface area contributed by atoms with Crippen LogP contribution in [-0.4, -0.2) is 27.3 Å². The van der Waals surface area contributed by atoms with Crippen molar-refractivity contribution in [1.82, 2.24) is 14.9 Å². The largest absolute Gasteiger partial charge is 0.465 e. The Morgan fingerprint density at radius 3 is 3.09 bits per heavy atom. The molecule has 0 aliphatic heterocycles. The molecule has 0 bridgehead atoms. The van der Waals surface area contributed by atoms with Gasteiger partial charge in [-0.05, 0) is 0 Å². The van der Waals surface area contributed by atoms with Crippen molar-refractivity contribution >= 4 is 6.09 Å². The second-order valence-corrected chi connectivity index (χ2v) is 2.03. The highest BCUT2D eigenvalue weighted by atomic mass is 16.4. The van der Waals surface area contributed by atoms with E-state index in [1.165, 1.54) is 0 Å². The van der Waals surface area contributed by atoms with Gasteiger partial charge in [0.15, 0.2) is 0 Å². The van der Waals surface area contributed by atoms with Crippen molar-refractivity contribution in [1.29, 1.82) is 0 Å². The number of nitrogens with one attached hydrogen (secondary N) is 1. The highest BCUT2D eigenvalue weighted by Crippen LogP contribution is 1.82. The van der Waals surface area contributed by atoms with Crippen molar-refractivity contribution in [2.45, 2.75) is 6.54 Å². The van der Waals surface area contributed by atoms with Crippen LogP contribution in [-0.2, 0) is 6.54 Å². The summed E-state index contributed by atoms with van der Waals surface area (Å²) in [5.74, 6) is 0. The lowest BCUT2D eigenvalue weighted by Crippen LogP contribution is -2.24. The summed E-state index contributed by atoms with van der Waals surface area (Å²) in [7, 11) is 0. The van der Waals surface area contributed by atoms with Crippen LogP contribution in [0.2, 0.25) is 0 Å². The number of hydrogen-bond acceptors (Lipinski definition) is 2. The van der Waals surface area contributed by atoms with E-state index in [0.29, 0.717) is 13.1 Å². The fourth-order valence-electron chi connectivity index (χ4n) is 0.711. The summed E-state index contributed by atoms with van der Waals surface area (Å²) in [5.41, 5.74) is 0. The van der Waals surface area contributed by atoms with Gasteiger partial charge < -0.3 is 15.0 Å². The number of carboxylic acid groups (broad SMARTS) is 1. The number of aromatic nitrogens is 2. The van der Waals surface area contributed by atoms with Gasteiger partial charge in [-0.25, -0.2) is 9.78 Å². The van der Waals surface area contributed by atoms with Crippen molar-refractivity contribution < 1.29 is 9.90 Å². The first-order chi connectivity index (χ1) is 5.29. The zero-order valence-electron chi connectivity index (χ0n) is 5.90. The average Bonchev–Trinajstić information content (AvgIpc) is 2.39. The third-order valence-electron chi connectivity index (χ3n) is 1.21. The van der Waals surface area contributed by atoms with Gasteiger partial charge in [-0.2, -0.15) is 0 Å². The van der Waals surface area contributed by atoms with Crippen LogP contribution in [0, 0.1) is 0 Å². The number of carbonyl (C=O) groups is 1. The quantitative estimate of drug-likeness (QED) is 0.652. The number of amides is 1. The Bertz CT molecular complexity index is 220. The molecule has 11 heavy (non-hydrogen) atoms. The Morgan fingerprint density at radius 2 is 2.55 bits per heavy atom. The summed E-state index contributed by atoms with van der Waals surface area (Å²) in [6.45, 7) is 1.03. The zero-order valence-corrected chi connectivity index (χ0v) is 5.90. The van der Waals surface area contributed by atoms with Crippen LogP contribution in [0.5, 0.6) is 0 Å². The van der Waals surface area contributed by atoms with Gasteiger partial charge in [0.1, 0.15) is 0 Å². The summed E-state index contributed by atoms with van der Waals surface area (Å²) in [4.78, 5) is 13.8. The molecule has 60 valence electrons. The number of hydrogen-bond donors (Lipinski definition) is 2. The second-order valence-electron chi connectivity index (χ2n) is 2.03. The molecule has 1 aromatic rings. The highest BCUT2D eigenvalue weighted by molar-refractivity contribution is 5.64. The molecule has 5 nitrogen and oxygen atoms in total. The Labute approximate surface area is 63.7 Å². The number of nitrogens with zero attached hydrogens (tertiary/aromatic N) is 2. The molecule has 5 heteroatoms. The summed E-state index contributed by atoms with van der Waals surface area (Å²) in [6, 6.07) is 0. The van der Waals surface area contributed by atoms with Crippen LogP contribution < -0.4 is 5.32 Å². The molecule has 0 aliphatic carbocycles. The summed E-state index contributed by atoms with van der Waals surface area (Å²) < 4.78 is 1.80. The Kier molecular flexibility index (Phi) is 2.48. The van der Waals surface area contributed by atoms with Crippen molar-refractivity contribution in [3.05, 3.63) is 18.7 Å². The van der Waals surface area contributed by atoms with Crippen molar-refractivity contribution in [3.63, 3.8) is 0 Å². The summed E-state index contributed by atoms with van der Waals surface area (Å²) in [6.07, 6.45) is 4.08. The molecule has 0 aromatic carbocycles. The van der Waals surface area contributed by atoms with Gasteiger partial charge in [0.05, 0.1) is 6.33 Å². The van der Waals surface area contributed by atoms with Crippen LogP contribution in [0.25, 0.3) is 0 Å². The van der Waals surface area contributed by atoms with Gasteiger partial charge in [0.2, 0.25) is 0 Å². The van der Waals surface area contributed by atoms with E-state index >= 15 is 0 Å². The molecule has 0 fully saturated rings. The minimum Gasteiger partial charge on any atom is -0.465 e. The van der Waals surface area contributed by atoms with E-state index in [4.69, 9.17) is 5.11 Å². The minimum atomic E-state index is -0.995. The molecule has 0 aliphatic rings. The van der Waals surface area contributed by atoms with Crippen LogP contribution in [0.1, 0.15) is 0 Å².